The lowest BCUT2D eigenvalue weighted by molar-refractivity contribution is -0.132. The maximum Gasteiger partial charge on any atom is 0.222 e. The van der Waals surface area contributed by atoms with Crippen molar-refractivity contribution in [1.29, 1.82) is 0 Å². The number of rotatable bonds is 9. The lowest BCUT2D eigenvalue weighted by Gasteiger charge is -2.31. The topological polar surface area (TPSA) is 55.6 Å². The van der Waals surface area contributed by atoms with Gasteiger partial charge < -0.3 is 15.4 Å². The highest BCUT2D eigenvalue weighted by Gasteiger charge is 2.22. The van der Waals surface area contributed by atoms with Gasteiger partial charge in [-0.15, -0.1) is 0 Å². The molecule has 0 aromatic carbocycles. The Balaban J connectivity index is 4.25. The molecule has 1 amide bonds. The minimum Gasteiger partial charge on any atom is -0.385 e. The van der Waals surface area contributed by atoms with Crippen LogP contribution in [0.2, 0.25) is 0 Å². The lowest BCUT2D eigenvalue weighted by atomic mass is 9.93. The molecule has 0 heterocycles. The van der Waals surface area contributed by atoms with E-state index in [-0.39, 0.29) is 11.3 Å². The van der Waals surface area contributed by atoms with Crippen molar-refractivity contribution in [3.8, 4) is 0 Å². The van der Waals surface area contributed by atoms with Gasteiger partial charge in [0.15, 0.2) is 0 Å². The molecule has 0 bridgehead atoms. The zero-order chi connectivity index (χ0) is 13.3. The normalized spacial score (nSPS) is 11.6. The van der Waals surface area contributed by atoms with Crippen LogP contribution in [0.4, 0.5) is 0 Å². The van der Waals surface area contributed by atoms with Crippen LogP contribution in [0.25, 0.3) is 0 Å². The molecule has 0 fully saturated rings. The number of amides is 1. The van der Waals surface area contributed by atoms with Crippen LogP contribution in [-0.4, -0.2) is 44.2 Å². The summed E-state index contributed by atoms with van der Waals surface area (Å²) in [5.41, 5.74) is 5.71. The number of nitrogens with two attached hydrogens (primary N) is 1. The van der Waals surface area contributed by atoms with Crippen LogP contribution in [0.15, 0.2) is 0 Å². The second kappa shape index (κ2) is 8.48. The van der Waals surface area contributed by atoms with Crippen molar-refractivity contribution in [3.63, 3.8) is 0 Å². The third-order valence-corrected chi connectivity index (χ3v) is 2.76. The highest BCUT2D eigenvalue weighted by Crippen LogP contribution is 2.16. The molecule has 0 spiro atoms. The predicted octanol–water partition coefficient (Wildman–Crippen LogP) is 1.64. The summed E-state index contributed by atoms with van der Waals surface area (Å²) in [6, 6.07) is 0. The van der Waals surface area contributed by atoms with E-state index < -0.39 is 0 Å². The molecule has 0 saturated heterocycles. The molecule has 0 unspecified atom stereocenters. The van der Waals surface area contributed by atoms with E-state index in [4.69, 9.17) is 10.5 Å². The molecule has 0 aliphatic carbocycles. The summed E-state index contributed by atoms with van der Waals surface area (Å²) < 4.78 is 4.96. The van der Waals surface area contributed by atoms with Gasteiger partial charge >= 0.3 is 0 Å². The Morgan fingerprint density at radius 3 is 2.53 bits per heavy atom. The van der Waals surface area contributed by atoms with Crippen molar-refractivity contribution in [2.24, 2.45) is 11.1 Å². The monoisotopic (exact) mass is 244 g/mol. The summed E-state index contributed by atoms with van der Waals surface area (Å²) in [6.45, 7) is 9.07. The first-order valence-corrected chi connectivity index (χ1v) is 6.43. The molecule has 0 radical (unpaired) electrons. The smallest absolute Gasteiger partial charge is 0.222 e. The Morgan fingerprint density at radius 2 is 2.06 bits per heavy atom. The minimum atomic E-state index is -0.00785. The van der Waals surface area contributed by atoms with E-state index in [9.17, 15) is 4.79 Å². The van der Waals surface area contributed by atoms with E-state index in [2.05, 4.69) is 20.8 Å². The van der Waals surface area contributed by atoms with Crippen molar-refractivity contribution in [1.82, 2.24) is 4.90 Å². The zero-order valence-electron chi connectivity index (χ0n) is 11.8. The summed E-state index contributed by atoms with van der Waals surface area (Å²) >= 11 is 0. The highest BCUT2D eigenvalue weighted by molar-refractivity contribution is 5.76. The Labute approximate surface area is 105 Å². The molecular formula is C13H28N2O2. The van der Waals surface area contributed by atoms with Gasteiger partial charge in [-0.05, 0) is 24.8 Å². The van der Waals surface area contributed by atoms with Crippen LogP contribution in [-0.2, 0) is 9.53 Å². The molecule has 17 heavy (non-hydrogen) atoms. The van der Waals surface area contributed by atoms with E-state index in [0.29, 0.717) is 19.6 Å². The van der Waals surface area contributed by atoms with Gasteiger partial charge in [0.2, 0.25) is 5.91 Å². The van der Waals surface area contributed by atoms with Gasteiger partial charge in [-0.3, -0.25) is 4.79 Å². The number of nitrogens with zero attached hydrogens (tertiary/aromatic N) is 1. The maximum atomic E-state index is 12.0. The summed E-state index contributed by atoms with van der Waals surface area (Å²) in [6.07, 6.45) is 2.34. The first-order chi connectivity index (χ1) is 7.96. The van der Waals surface area contributed by atoms with Crippen LogP contribution < -0.4 is 5.73 Å². The van der Waals surface area contributed by atoms with Crippen LogP contribution in [0.5, 0.6) is 0 Å². The fourth-order valence-electron chi connectivity index (χ4n) is 1.67. The molecular weight excluding hydrogens is 216 g/mol. The third-order valence-electron chi connectivity index (χ3n) is 2.76. The molecule has 2 N–H and O–H groups in total. The fraction of sp³-hybridized carbons (Fsp3) is 0.923. The van der Waals surface area contributed by atoms with Crippen molar-refractivity contribution in [2.45, 2.75) is 40.0 Å². The second-order valence-electron chi connectivity index (χ2n) is 5.28. The van der Waals surface area contributed by atoms with E-state index in [0.717, 1.165) is 25.9 Å². The van der Waals surface area contributed by atoms with Crippen molar-refractivity contribution in [2.75, 3.05) is 33.4 Å². The number of hydrogen-bond donors (Lipinski definition) is 1. The number of carbonyl (C=O) groups excluding carboxylic acids is 1. The van der Waals surface area contributed by atoms with Gasteiger partial charge in [0.25, 0.3) is 0 Å². The lowest BCUT2D eigenvalue weighted by Crippen LogP contribution is -2.42. The Kier molecular flexibility index (Phi) is 8.17. The van der Waals surface area contributed by atoms with Crippen LogP contribution in [0.1, 0.15) is 40.0 Å². The van der Waals surface area contributed by atoms with Gasteiger partial charge in [0, 0.05) is 33.2 Å². The molecule has 4 heteroatoms. The van der Waals surface area contributed by atoms with E-state index >= 15 is 0 Å². The SMILES string of the molecule is CCCN(CC(C)(C)CN)C(=O)CCCOC. The van der Waals surface area contributed by atoms with E-state index in [1.807, 2.05) is 4.90 Å². The van der Waals surface area contributed by atoms with Crippen molar-refractivity contribution >= 4 is 5.91 Å². The van der Waals surface area contributed by atoms with E-state index in [1.165, 1.54) is 0 Å². The third kappa shape index (κ3) is 7.34. The molecule has 0 aliphatic heterocycles. The second-order valence-corrected chi connectivity index (χ2v) is 5.28. The van der Waals surface area contributed by atoms with Crippen LogP contribution >= 0.6 is 0 Å². The first kappa shape index (κ1) is 16.4. The Morgan fingerprint density at radius 1 is 1.41 bits per heavy atom. The summed E-state index contributed by atoms with van der Waals surface area (Å²) in [5.74, 6) is 0.213. The molecule has 4 nitrogen and oxygen atoms in total. The van der Waals surface area contributed by atoms with Crippen LogP contribution in [0, 0.1) is 5.41 Å². The molecule has 0 saturated carbocycles. The average molecular weight is 244 g/mol. The molecule has 0 aliphatic rings. The summed E-state index contributed by atoms with van der Waals surface area (Å²) in [5, 5.41) is 0. The van der Waals surface area contributed by atoms with Gasteiger partial charge in [-0.2, -0.15) is 0 Å². The molecule has 0 aromatic heterocycles. The summed E-state index contributed by atoms with van der Waals surface area (Å²) in [7, 11) is 1.66. The Bertz CT molecular complexity index is 217. The average Bonchev–Trinajstić information content (AvgIpc) is 2.28. The maximum absolute atomic E-state index is 12.0. The molecule has 0 atom stereocenters. The number of hydrogen-bond acceptors (Lipinski definition) is 3. The first-order valence-electron chi connectivity index (χ1n) is 6.43. The van der Waals surface area contributed by atoms with Crippen molar-refractivity contribution in [3.05, 3.63) is 0 Å². The number of methoxy groups -OCH3 is 1. The predicted molar refractivity (Wildman–Crippen MR) is 70.8 cm³/mol. The Hall–Kier alpha value is -0.610. The standard InChI is InChI=1S/C13H28N2O2/c1-5-8-15(11-13(2,3)10-14)12(16)7-6-9-17-4/h5-11,14H2,1-4H3. The molecule has 102 valence electrons. The van der Waals surface area contributed by atoms with Crippen LogP contribution in [0.3, 0.4) is 0 Å². The molecule has 0 aromatic rings. The van der Waals surface area contributed by atoms with Gasteiger partial charge in [-0.25, -0.2) is 0 Å². The quantitative estimate of drug-likeness (QED) is 0.627. The highest BCUT2D eigenvalue weighted by atomic mass is 16.5. The number of carbonyl (C=O) groups is 1. The zero-order valence-corrected chi connectivity index (χ0v) is 11.8. The molecule has 0 rings (SSSR count). The van der Waals surface area contributed by atoms with Gasteiger partial charge in [0.1, 0.15) is 0 Å². The summed E-state index contributed by atoms with van der Waals surface area (Å²) in [4.78, 5) is 14.0. The van der Waals surface area contributed by atoms with Gasteiger partial charge in [0.05, 0.1) is 0 Å². The minimum absolute atomic E-state index is 0.00785. The number of ether oxygens (including phenoxy) is 1. The van der Waals surface area contributed by atoms with Gasteiger partial charge in [-0.1, -0.05) is 20.8 Å². The largest absolute Gasteiger partial charge is 0.385 e. The van der Waals surface area contributed by atoms with E-state index in [1.54, 1.807) is 7.11 Å². The fourth-order valence-corrected chi connectivity index (χ4v) is 1.67. The van der Waals surface area contributed by atoms with Crippen molar-refractivity contribution < 1.29 is 9.53 Å².